The van der Waals surface area contributed by atoms with E-state index in [0.717, 1.165) is 29.0 Å². The Morgan fingerprint density at radius 1 is 1.32 bits per heavy atom. The van der Waals surface area contributed by atoms with Crippen molar-refractivity contribution in [1.29, 1.82) is 0 Å². The highest BCUT2D eigenvalue weighted by atomic mass is 35.5. The molecule has 5 nitrogen and oxygen atoms in total. The Hall–Kier alpha value is -1.92. The van der Waals surface area contributed by atoms with Crippen molar-refractivity contribution in [2.24, 2.45) is 5.92 Å². The van der Waals surface area contributed by atoms with Crippen LogP contribution in [0.4, 0.5) is 5.13 Å². The molecule has 2 amide bonds. The van der Waals surface area contributed by atoms with Gasteiger partial charge in [0.15, 0.2) is 5.13 Å². The summed E-state index contributed by atoms with van der Waals surface area (Å²) >= 11 is 7.38. The summed E-state index contributed by atoms with van der Waals surface area (Å²) in [6.45, 7) is 2.51. The maximum absolute atomic E-state index is 12.5. The van der Waals surface area contributed by atoms with Crippen LogP contribution in [0.2, 0.25) is 5.02 Å². The second kappa shape index (κ2) is 6.42. The molecule has 0 unspecified atom stereocenters. The summed E-state index contributed by atoms with van der Waals surface area (Å²) in [5.74, 6) is -0.302. The van der Waals surface area contributed by atoms with Crippen LogP contribution >= 0.6 is 22.9 Å². The van der Waals surface area contributed by atoms with Gasteiger partial charge in [0.05, 0.1) is 11.6 Å². The van der Waals surface area contributed by atoms with Crippen molar-refractivity contribution in [3.63, 3.8) is 0 Å². The predicted molar refractivity (Wildman–Crippen MR) is 98.8 cm³/mol. The van der Waals surface area contributed by atoms with Crippen LogP contribution < -0.4 is 5.32 Å². The number of benzene rings is 1. The standard InChI is InChI=1S/C18H18ClN3O2S/c1-10-16(11-2-4-13(19)5-3-11)20-18(25-10)21-17(24)12-8-15(23)22(9-12)14-6-7-14/h2-5,12,14H,6-9H2,1H3,(H,20,21,24)/t12-/m1/s1. The van der Waals surface area contributed by atoms with E-state index in [1.54, 1.807) is 0 Å². The Bertz CT molecular complexity index is 829. The molecule has 1 aliphatic heterocycles. The van der Waals surface area contributed by atoms with Gasteiger partial charge in [-0.25, -0.2) is 4.98 Å². The molecule has 4 rings (SSSR count). The quantitative estimate of drug-likeness (QED) is 0.885. The summed E-state index contributed by atoms with van der Waals surface area (Å²) in [5.41, 5.74) is 1.81. The minimum atomic E-state index is -0.281. The predicted octanol–water partition coefficient (Wildman–Crippen LogP) is 3.72. The van der Waals surface area contributed by atoms with Gasteiger partial charge in [-0.05, 0) is 31.9 Å². The van der Waals surface area contributed by atoms with Crippen molar-refractivity contribution < 1.29 is 9.59 Å². The van der Waals surface area contributed by atoms with Crippen LogP contribution in [0.3, 0.4) is 0 Å². The lowest BCUT2D eigenvalue weighted by atomic mass is 10.1. The molecule has 2 aromatic rings. The largest absolute Gasteiger partial charge is 0.339 e. The number of aryl methyl sites for hydroxylation is 1. The lowest BCUT2D eigenvalue weighted by Gasteiger charge is -2.14. The fourth-order valence-corrected chi connectivity index (χ4v) is 4.14. The van der Waals surface area contributed by atoms with E-state index in [4.69, 9.17) is 11.6 Å². The molecule has 1 saturated carbocycles. The van der Waals surface area contributed by atoms with Gasteiger partial charge in [0, 0.05) is 34.5 Å². The molecule has 0 bridgehead atoms. The lowest BCUT2D eigenvalue weighted by Crippen LogP contribution is -2.29. The molecule has 7 heteroatoms. The van der Waals surface area contributed by atoms with E-state index in [2.05, 4.69) is 10.3 Å². The highest BCUT2D eigenvalue weighted by molar-refractivity contribution is 7.16. The third kappa shape index (κ3) is 3.41. The third-order valence-electron chi connectivity index (χ3n) is 4.66. The molecule has 0 radical (unpaired) electrons. The Kier molecular flexibility index (Phi) is 4.25. The number of likely N-dealkylation sites (tertiary alicyclic amines) is 1. The van der Waals surface area contributed by atoms with E-state index in [1.165, 1.54) is 11.3 Å². The van der Waals surface area contributed by atoms with E-state index in [0.29, 0.717) is 29.2 Å². The van der Waals surface area contributed by atoms with Gasteiger partial charge in [-0.3, -0.25) is 9.59 Å². The number of anilines is 1. The van der Waals surface area contributed by atoms with Crippen molar-refractivity contribution in [2.75, 3.05) is 11.9 Å². The summed E-state index contributed by atoms with van der Waals surface area (Å²) < 4.78 is 0. The molecule has 130 valence electrons. The minimum Gasteiger partial charge on any atom is -0.339 e. The van der Waals surface area contributed by atoms with Gasteiger partial charge in [0.2, 0.25) is 11.8 Å². The number of thiazole rings is 1. The van der Waals surface area contributed by atoms with Gasteiger partial charge in [-0.1, -0.05) is 23.7 Å². The first-order chi connectivity index (χ1) is 12.0. The molecule has 1 N–H and O–H groups in total. The first-order valence-electron chi connectivity index (χ1n) is 8.35. The van der Waals surface area contributed by atoms with Crippen molar-refractivity contribution in [3.8, 4) is 11.3 Å². The van der Waals surface area contributed by atoms with Crippen LogP contribution in [0.15, 0.2) is 24.3 Å². The number of aromatic nitrogens is 1. The second-order valence-electron chi connectivity index (χ2n) is 6.60. The maximum Gasteiger partial charge on any atom is 0.231 e. The first kappa shape index (κ1) is 16.5. The number of hydrogen-bond acceptors (Lipinski definition) is 4. The van der Waals surface area contributed by atoms with E-state index in [9.17, 15) is 9.59 Å². The first-order valence-corrected chi connectivity index (χ1v) is 9.54. The molecule has 1 aliphatic carbocycles. The molecule has 0 spiro atoms. The summed E-state index contributed by atoms with van der Waals surface area (Å²) in [6.07, 6.45) is 2.43. The molecule has 1 aromatic carbocycles. The van der Waals surface area contributed by atoms with Crippen LogP contribution in [0, 0.1) is 12.8 Å². The van der Waals surface area contributed by atoms with Crippen molar-refractivity contribution in [1.82, 2.24) is 9.88 Å². The van der Waals surface area contributed by atoms with Crippen LogP contribution in [-0.4, -0.2) is 34.3 Å². The average molecular weight is 376 g/mol. The van der Waals surface area contributed by atoms with Gasteiger partial charge in [-0.15, -0.1) is 11.3 Å². The van der Waals surface area contributed by atoms with Crippen molar-refractivity contribution >= 4 is 39.9 Å². The highest BCUT2D eigenvalue weighted by Crippen LogP contribution is 2.34. The smallest absolute Gasteiger partial charge is 0.231 e. The number of carbonyl (C=O) groups excluding carboxylic acids is 2. The van der Waals surface area contributed by atoms with E-state index in [1.807, 2.05) is 36.1 Å². The number of hydrogen-bond donors (Lipinski definition) is 1. The zero-order valence-corrected chi connectivity index (χ0v) is 15.4. The van der Waals surface area contributed by atoms with Crippen LogP contribution in [0.5, 0.6) is 0 Å². The number of nitrogens with one attached hydrogen (secondary N) is 1. The molecule has 1 saturated heterocycles. The van der Waals surface area contributed by atoms with E-state index >= 15 is 0 Å². The molecular weight excluding hydrogens is 358 g/mol. The zero-order valence-electron chi connectivity index (χ0n) is 13.8. The van der Waals surface area contributed by atoms with E-state index < -0.39 is 0 Å². The number of nitrogens with zero attached hydrogens (tertiary/aromatic N) is 2. The Morgan fingerprint density at radius 3 is 2.72 bits per heavy atom. The van der Waals surface area contributed by atoms with Gasteiger partial charge in [-0.2, -0.15) is 0 Å². The van der Waals surface area contributed by atoms with Gasteiger partial charge >= 0.3 is 0 Å². The van der Waals surface area contributed by atoms with Gasteiger partial charge < -0.3 is 10.2 Å². The molecule has 1 aromatic heterocycles. The van der Waals surface area contributed by atoms with Gasteiger partial charge in [0.1, 0.15) is 0 Å². The molecule has 2 heterocycles. The summed E-state index contributed by atoms with van der Waals surface area (Å²) in [7, 11) is 0. The molecular formula is C18H18ClN3O2S. The van der Waals surface area contributed by atoms with Crippen LogP contribution in [0.1, 0.15) is 24.1 Å². The zero-order chi connectivity index (χ0) is 17.6. The fourth-order valence-electron chi connectivity index (χ4n) is 3.18. The summed E-state index contributed by atoms with van der Waals surface area (Å²) in [6, 6.07) is 7.84. The number of amides is 2. The molecule has 25 heavy (non-hydrogen) atoms. The van der Waals surface area contributed by atoms with Crippen molar-refractivity contribution in [3.05, 3.63) is 34.2 Å². The third-order valence-corrected chi connectivity index (χ3v) is 5.80. The maximum atomic E-state index is 12.5. The Balaban J connectivity index is 1.46. The lowest BCUT2D eigenvalue weighted by molar-refractivity contribution is -0.128. The second-order valence-corrected chi connectivity index (χ2v) is 8.24. The number of carbonyl (C=O) groups is 2. The molecule has 1 atom stereocenters. The number of halogens is 1. The highest BCUT2D eigenvalue weighted by Gasteiger charge is 2.41. The van der Waals surface area contributed by atoms with Crippen LogP contribution in [0.25, 0.3) is 11.3 Å². The summed E-state index contributed by atoms with van der Waals surface area (Å²) in [4.78, 5) is 32.0. The Labute approximate surface area is 155 Å². The van der Waals surface area contributed by atoms with Crippen molar-refractivity contribution in [2.45, 2.75) is 32.2 Å². The molecule has 2 aliphatic rings. The Morgan fingerprint density at radius 2 is 2.04 bits per heavy atom. The SMILES string of the molecule is Cc1sc(NC(=O)[C@@H]2CC(=O)N(C3CC3)C2)nc1-c1ccc(Cl)cc1. The topological polar surface area (TPSA) is 62.3 Å². The van der Waals surface area contributed by atoms with Gasteiger partial charge in [0.25, 0.3) is 0 Å². The monoisotopic (exact) mass is 375 g/mol. The minimum absolute atomic E-state index is 0.0971. The fraction of sp³-hybridized carbons (Fsp3) is 0.389. The normalized spacial score (nSPS) is 20.2. The van der Waals surface area contributed by atoms with E-state index in [-0.39, 0.29) is 17.7 Å². The molecule has 2 fully saturated rings. The van der Waals surface area contributed by atoms with Crippen LogP contribution in [-0.2, 0) is 9.59 Å². The number of rotatable bonds is 4. The summed E-state index contributed by atoms with van der Waals surface area (Å²) in [5, 5.41) is 4.14. The average Bonchev–Trinajstić information content (AvgIpc) is 3.25.